The molecule has 2 aromatic rings. The molecular weight excluding hydrogens is 320 g/mol. The van der Waals surface area contributed by atoms with Crippen LogP contribution in [0.5, 0.6) is 0 Å². The third-order valence-corrected chi connectivity index (χ3v) is 3.74. The van der Waals surface area contributed by atoms with Crippen LogP contribution in [-0.4, -0.2) is 8.42 Å². The zero-order valence-corrected chi connectivity index (χ0v) is 12.1. The van der Waals surface area contributed by atoms with Gasteiger partial charge in [-0.05, 0) is 35.9 Å². The van der Waals surface area contributed by atoms with E-state index in [1.807, 2.05) is 4.72 Å². The van der Waals surface area contributed by atoms with Crippen molar-refractivity contribution in [1.82, 2.24) is 0 Å². The summed E-state index contributed by atoms with van der Waals surface area (Å²) >= 11 is 5.71. The molecule has 0 radical (unpaired) electrons. The Morgan fingerprint density at radius 1 is 1.05 bits per heavy atom. The van der Waals surface area contributed by atoms with Gasteiger partial charge in [0.25, 0.3) is 10.0 Å². The van der Waals surface area contributed by atoms with Crippen LogP contribution in [0.2, 0.25) is 5.02 Å². The smallest absolute Gasteiger partial charge is 0.255 e. The van der Waals surface area contributed by atoms with Crippen LogP contribution in [0.4, 0.5) is 14.5 Å². The molecule has 1 N–H and O–H groups in total. The van der Waals surface area contributed by atoms with Gasteiger partial charge < -0.3 is 0 Å². The third kappa shape index (κ3) is 4.54. The standard InChI is InChI=1S/C14H10ClF2NO2S/c15-11-3-1-10(2-4-11)7-8-21(19,20)18-14-9-12(16)5-6-13(14)17/h1-9,18H/b8-7+. The molecule has 0 heterocycles. The second-order valence-electron chi connectivity index (χ2n) is 4.13. The van der Waals surface area contributed by atoms with Gasteiger partial charge in [-0.15, -0.1) is 0 Å². The van der Waals surface area contributed by atoms with Crippen molar-refractivity contribution in [2.45, 2.75) is 0 Å². The van der Waals surface area contributed by atoms with Crippen LogP contribution in [0.1, 0.15) is 5.56 Å². The third-order valence-electron chi connectivity index (χ3n) is 2.49. The van der Waals surface area contributed by atoms with Gasteiger partial charge in [0.15, 0.2) is 0 Å². The molecule has 2 rings (SSSR count). The summed E-state index contributed by atoms with van der Waals surface area (Å²) < 4.78 is 51.9. The number of anilines is 1. The van der Waals surface area contributed by atoms with Gasteiger partial charge in [-0.25, -0.2) is 17.2 Å². The highest BCUT2D eigenvalue weighted by Gasteiger charge is 2.10. The minimum absolute atomic E-state index is 0.448. The van der Waals surface area contributed by atoms with Crippen LogP contribution < -0.4 is 4.72 Å². The molecule has 3 nitrogen and oxygen atoms in total. The van der Waals surface area contributed by atoms with Crippen LogP contribution in [0.3, 0.4) is 0 Å². The van der Waals surface area contributed by atoms with E-state index in [0.717, 1.165) is 23.6 Å². The maximum Gasteiger partial charge on any atom is 0.255 e. The first-order chi connectivity index (χ1) is 9.85. The fourth-order valence-corrected chi connectivity index (χ4v) is 2.50. The molecule has 110 valence electrons. The Bertz CT molecular complexity index is 774. The summed E-state index contributed by atoms with van der Waals surface area (Å²) in [6, 6.07) is 8.96. The highest BCUT2D eigenvalue weighted by molar-refractivity contribution is 7.95. The molecular formula is C14H10ClF2NO2S. The Morgan fingerprint density at radius 2 is 1.71 bits per heavy atom. The van der Waals surface area contributed by atoms with Crippen LogP contribution in [0.25, 0.3) is 6.08 Å². The van der Waals surface area contributed by atoms with Gasteiger partial charge in [0.2, 0.25) is 0 Å². The van der Waals surface area contributed by atoms with Crippen molar-refractivity contribution in [1.29, 1.82) is 0 Å². The topological polar surface area (TPSA) is 46.2 Å². The molecule has 0 fully saturated rings. The van der Waals surface area contributed by atoms with Gasteiger partial charge in [-0.3, -0.25) is 4.72 Å². The van der Waals surface area contributed by atoms with Crippen molar-refractivity contribution in [3.8, 4) is 0 Å². The maximum atomic E-state index is 13.4. The van der Waals surface area contributed by atoms with E-state index >= 15 is 0 Å². The summed E-state index contributed by atoms with van der Waals surface area (Å²) in [5, 5.41) is 1.38. The molecule has 0 atom stereocenters. The number of halogens is 3. The first-order valence-corrected chi connectivity index (χ1v) is 7.70. The lowest BCUT2D eigenvalue weighted by Gasteiger charge is -2.05. The van der Waals surface area contributed by atoms with E-state index in [2.05, 4.69) is 0 Å². The molecule has 0 aromatic heterocycles. The highest BCUT2D eigenvalue weighted by atomic mass is 35.5. The number of benzene rings is 2. The van der Waals surface area contributed by atoms with Gasteiger partial charge >= 0.3 is 0 Å². The van der Waals surface area contributed by atoms with Gasteiger partial charge in [-0.2, -0.15) is 0 Å². The largest absolute Gasteiger partial charge is 0.277 e. The van der Waals surface area contributed by atoms with E-state index < -0.39 is 27.3 Å². The van der Waals surface area contributed by atoms with Crippen LogP contribution >= 0.6 is 11.6 Å². The molecule has 0 saturated carbocycles. The van der Waals surface area contributed by atoms with E-state index in [1.54, 1.807) is 24.3 Å². The lowest BCUT2D eigenvalue weighted by atomic mass is 10.2. The van der Waals surface area contributed by atoms with Gasteiger partial charge in [-0.1, -0.05) is 23.7 Å². The molecule has 7 heteroatoms. The average molecular weight is 330 g/mol. The molecule has 0 unspecified atom stereocenters. The van der Waals surface area contributed by atoms with E-state index in [4.69, 9.17) is 11.6 Å². The van der Waals surface area contributed by atoms with E-state index in [-0.39, 0.29) is 0 Å². The Morgan fingerprint density at radius 3 is 2.38 bits per heavy atom. The Balaban J connectivity index is 2.18. The predicted octanol–water partition coefficient (Wildman–Crippen LogP) is 4.03. The van der Waals surface area contributed by atoms with Gasteiger partial charge in [0.05, 0.1) is 11.1 Å². The van der Waals surface area contributed by atoms with E-state index in [9.17, 15) is 17.2 Å². The van der Waals surface area contributed by atoms with Crippen molar-refractivity contribution >= 4 is 33.4 Å². The molecule has 0 saturated heterocycles. The van der Waals surface area contributed by atoms with Crippen molar-refractivity contribution in [3.63, 3.8) is 0 Å². The van der Waals surface area contributed by atoms with Crippen molar-refractivity contribution < 1.29 is 17.2 Å². The number of sulfonamides is 1. The van der Waals surface area contributed by atoms with Crippen LogP contribution in [0, 0.1) is 11.6 Å². The normalized spacial score (nSPS) is 11.8. The quantitative estimate of drug-likeness (QED) is 0.920. The lowest BCUT2D eigenvalue weighted by molar-refractivity contribution is 0.598. The zero-order chi connectivity index (χ0) is 15.5. The van der Waals surface area contributed by atoms with Gasteiger partial charge in [0.1, 0.15) is 11.6 Å². The van der Waals surface area contributed by atoms with Crippen LogP contribution in [-0.2, 0) is 10.0 Å². The summed E-state index contributed by atoms with van der Waals surface area (Å²) in [6.07, 6.45) is 1.32. The fraction of sp³-hybridized carbons (Fsp3) is 0. The molecule has 0 aliphatic heterocycles. The van der Waals surface area contributed by atoms with E-state index in [0.29, 0.717) is 10.6 Å². The molecule has 21 heavy (non-hydrogen) atoms. The summed E-state index contributed by atoms with van der Waals surface area (Å²) in [6.45, 7) is 0. The predicted molar refractivity (Wildman–Crippen MR) is 79.4 cm³/mol. The number of hydrogen-bond donors (Lipinski definition) is 1. The highest BCUT2D eigenvalue weighted by Crippen LogP contribution is 2.18. The first-order valence-electron chi connectivity index (χ1n) is 5.77. The molecule has 2 aromatic carbocycles. The Kier molecular flexibility index (Phi) is 4.59. The molecule has 0 bridgehead atoms. The number of hydrogen-bond acceptors (Lipinski definition) is 2. The monoisotopic (exact) mass is 329 g/mol. The summed E-state index contributed by atoms with van der Waals surface area (Å²) in [5.74, 6) is -1.60. The maximum absolute atomic E-state index is 13.4. The molecule has 0 amide bonds. The molecule has 0 aliphatic carbocycles. The Labute approximate surface area is 125 Å². The number of nitrogens with one attached hydrogen (secondary N) is 1. The second-order valence-corrected chi connectivity index (χ2v) is 6.13. The second kappa shape index (κ2) is 6.24. The van der Waals surface area contributed by atoms with Crippen molar-refractivity contribution in [2.75, 3.05) is 4.72 Å². The van der Waals surface area contributed by atoms with Crippen molar-refractivity contribution in [2.24, 2.45) is 0 Å². The summed E-state index contributed by atoms with van der Waals surface area (Å²) in [4.78, 5) is 0. The number of rotatable bonds is 4. The van der Waals surface area contributed by atoms with Crippen LogP contribution in [0.15, 0.2) is 47.9 Å². The zero-order valence-electron chi connectivity index (χ0n) is 10.6. The SMILES string of the molecule is O=S(=O)(/C=C/c1ccc(Cl)cc1)Nc1cc(F)ccc1F. The summed E-state index contributed by atoms with van der Waals surface area (Å²) in [5.41, 5.74) is 0.153. The molecule has 0 aliphatic rings. The van der Waals surface area contributed by atoms with E-state index in [1.165, 1.54) is 6.08 Å². The summed E-state index contributed by atoms with van der Waals surface area (Å²) in [7, 11) is -3.95. The Hall–Kier alpha value is -1.92. The fourth-order valence-electron chi connectivity index (χ4n) is 1.51. The van der Waals surface area contributed by atoms with Gasteiger partial charge in [0, 0.05) is 11.1 Å². The molecule has 0 spiro atoms. The average Bonchev–Trinajstić information content (AvgIpc) is 2.42. The minimum Gasteiger partial charge on any atom is -0.277 e. The lowest BCUT2D eigenvalue weighted by Crippen LogP contribution is -2.10. The first kappa shape index (κ1) is 15.5. The van der Waals surface area contributed by atoms with Crippen molar-refractivity contribution in [3.05, 3.63) is 70.1 Å². The minimum atomic E-state index is -3.95.